The molecule has 2 saturated heterocycles. The number of Topliss-reactive ketones (excluding diaryl/α,β-unsaturated/α-hetero) is 1. The molecular weight excluding hydrogens is 318 g/mol. The molecule has 3 atom stereocenters. The van der Waals surface area contributed by atoms with Crippen molar-refractivity contribution >= 4 is 23.6 Å². The summed E-state index contributed by atoms with van der Waals surface area (Å²) in [6, 6.07) is 0. The van der Waals surface area contributed by atoms with E-state index in [2.05, 4.69) is 0 Å². The van der Waals surface area contributed by atoms with Crippen molar-refractivity contribution in [1.82, 2.24) is 4.90 Å². The molecule has 2 heterocycles. The van der Waals surface area contributed by atoms with Crippen LogP contribution in [0.4, 0.5) is 0 Å². The van der Waals surface area contributed by atoms with Gasteiger partial charge in [0, 0.05) is 11.8 Å². The first-order valence-electron chi connectivity index (χ1n) is 7.84. The minimum Gasteiger partial charge on any atom is -0.467 e. The minimum absolute atomic E-state index is 0.0762. The monoisotopic (exact) mass is 341 g/mol. The topological polar surface area (TPSA) is 99.2 Å². The molecule has 2 fully saturated rings. The lowest BCUT2D eigenvalue weighted by Gasteiger charge is -2.43. The maximum atomic E-state index is 13.0. The second-order valence-electron chi connectivity index (χ2n) is 7.02. The van der Waals surface area contributed by atoms with Gasteiger partial charge in [0.15, 0.2) is 5.78 Å². The van der Waals surface area contributed by atoms with Gasteiger partial charge in [-0.1, -0.05) is 20.8 Å². The normalized spacial score (nSPS) is 30.1. The van der Waals surface area contributed by atoms with E-state index in [9.17, 15) is 19.2 Å². The second-order valence-corrected chi connectivity index (χ2v) is 7.02. The van der Waals surface area contributed by atoms with Gasteiger partial charge in [0.1, 0.15) is 12.1 Å². The molecule has 8 nitrogen and oxygen atoms in total. The van der Waals surface area contributed by atoms with Gasteiger partial charge in [0.2, 0.25) is 11.4 Å². The molecule has 0 bridgehead atoms. The molecule has 0 aromatic rings. The molecule has 8 heteroatoms. The summed E-state index contributed by atoms with van der Waals surface area (Å²) in [4.78, 5) is 51.4. The molecule has 2 aliphatic heterocycles. The van der Waals surface area contributed by atoms with Gasteiger partial charge in [0.05, 0.1) is 20.3 Å². The highest BCUT2D eigenvalue weighted by Gasteiger charge is 2.67. The van der Waals surface area contributed by atoms with Crippen molar-refractivity contribution in [2.75, 3.05) is 20.3 Å². The zero-order valence-corrected chi connectivity index (χ0v) is 14.6. The molecule has 24 heavy (non-hydrogen) atoms. The van der Waals surface area contributed by atoms with Crippen LogP contribution >= 0.6 is 0 Å². The van der Waals surface area contributed by atoms with Gasteiger partial charge in [-0.05, 0) is 6.92 Å². The lowest BCUT2D eigenvalue weighted by Crippen LogP contribution is -2.69. The summed E-state index contributed by atoms with van der Waals surface area (Å²) >= 11 is 0. The van der Waals surface area contributed by atoms with Crippen molar-refractivity contribution in [1.29, 1.82) is 0 Å². The largest absolute Gasteiger partial charge is 0.467 e. The first-order chi connectivity index (χ1) is 11.1. The van der Waals surface area contributed by atoms with Crippen LogP contribution < -0.4 is 0 Å². The molecule has 2 rings (SSSR count). The van der Waals surface area contributed by atoms with Crippen LogP contribution in [0, 0.1) is 11.3 Å². The number of methoxy groups -OCH3 is 1. The Morgan fingerprint density at radius 2 is 1.96 bits per heavy atom. The highest BCUT2D eigenvalue weighted by Crippen LogP contribution is 2.43. The molecule has 1 amide bonds. The van der Waals surface area contributed by atoms with Crippen LogP contribution in [0.25, 0.3) is 0 Å². The van der Waals surface area contributed by atoms with E-state index in [1.54, 1.807) is 6.92 Å². The van der Waals surface area contributed by atoms with E-state index < -0.39 is 46.7 Å². The molecule has 0 aromatic heterocycles. The van der Waals surface area contributed by atoms with Crippen LogP contribution in [0.2, 0.25) is 0 Å². The van der Waals surface area contributed by atoms with Gasteiger partial charge in [-0.3, -0.25) is 19.3 Å². The summed E-state index contributed by atoms with van der Waals surface area (Å²) in [5.74, 6) is -4.25. The summed E-state index contributed by atoms with van der Waals surface area (Å²) < 4.78 is 15.3. The number of amides is 1. The number of rotatable bonds is 3. The fourth-order valence-corrected chi connectivity index (χ4v) is 3.23. The van der Waals surface area contributed by atoms with E-state index in [1.165, 1.54) is 0 Å². The fraction of sp³-hybridized carbons (Fsp3) is 0.750. The first kappa shape index (κ1) is 18.4. The smallest absolute Gasteiger partial charge is 0.342 e. The van der Waals surface area contributed by atoms with E-state index in [4.69, 9.17) is 14.2 Å². The first-order valence-corrected chi connectivity index (χ1v) is 7.84. The van der Waals surface area contributed by atoms with E-state index in [0.717, 1.165) is 12.0 Å². The highest BCUT2D eigenvalue weighted by atomic mass is 16.6. The van der Waals surface area contributed by atoms with Crippen molar-refractivity contribution in [3.8, 4) is 0 Å². The summed E-state index contributed by atoms with van der Waals surface area (Å²) in [5.41, 5.74) is -2.46. The number of hydrogen-bond acceptors (Lipinski definition) is 7. The van der Waals surface area contributed by atoms with Crippen LogP contribution in [0.5, 0.6) is 0 Å². The Morgan fingerprint density at radius 1 is 1.33 bits per heavy atom. The predicted molar refractivity (Wildman–Crippen MR) is 80.5 cm³/mol. The average molecular weight is 341 g/mol. The van der Waals surface area contributed by atoms with E-state index in [0.29, 0.717) is 0 Å². The van der Waals surface area contributed by atoms with Crippen LogP contribution in [0.15, 0.2) is 0 Å². The molecular formula is C16H23NO7. The molecule has 134 valence electrons. The van der Waals surface area contributed by atoms with Gasteiger partial charge in [-0.25, -0.2) is 4.79 Å². The lowest BCUT2D eigenvalue weighted by atomic mass is 9.78. The Kier molecular flexibility index (Phi) is 4.72. The number of carbonyl (C=O) groups is 4. The maximum Gasteiger partial charge on any atom is 0.342 e. The van der Waals surface area contributed by atoms with Crippen molar-refractivity contribution in [3.63, 3.8) is 0 Å². The van der Waals surface area contributed by atoms with Crippen molar-refractivity contribution in [2.24, 2.45) is 11.3 Å². The quantitative estimate of drug-likeness (QED) is 0.537. The van der Waals surface area contributed by atoms with Gasteiger partial charge < -0.3 is 14.2 Å². The Balaban J connectivity index is 2.52. The van der Waals surface area contributed by atoms with Gasteiger partial charge in [-0.15, -0.1) is 0 Å². The molecule has 0 aliphatic carbocycles. The summed E-state index contributed by atoms with van der Waals surface area (Å²) in [6.45, 7) is 6.85. The molecule has 1 unspecified atom stereocenters. The summed E-state index contributed by atoms with van der Waals surface area (Å²) in [5, 5.41) is 0. The zero-order chi connectivity index (χ0) is 18.3. The second kappa shape index (κ2) is 6.16. The zero-order valence-electron chi connectivity index (χ0n) is 14.6. The number of piperidine rings is 1. The summed E-state index contributed by atoms with van der Waals surface area (Å²) in [6.07, 6.45) is -1.11. The van der Waals surface area contributed by atoms with Crippen molar-refractivity contribution in [3.05, 3.63) is 0 Å². The summed E-state index contributed by atoms with van der Waals surface area (Å²) in [7, 11) is 1.13. The van der Waals surface area contributed by atoms with Crippen LogP contribution in [0.1, 0.15) is 34.1 Å². The van der Waals surface area contributed by atoms with E-state index in [1.807, 2.05) is 20.8 Å². The maximum absolute atomic E-state index is 13.0. The number of hydrogen-bond donors (Lipinski definition) is 0. The van der Waals surface area contributed by atoms with Gasteiger partial charge >= 0.3 is 11.9 Å². The molecule has 0 N–H and O–H groups in total. The van der Waals surface area contributed by atoms with E-state index in [-0.39, 0.29) is 19.6 Å². The van der Waals surface area contributed by atoms with Crippen molar-refractivity contribution < 1.29 is 33.4 Å². The predicted octanol–water partition coefficient (Wildman–Crippen LogP) is 0.281. The Hall–Kier alpha value is -1.96. The molecule has 0 saturated carbocycles. The number of ether oxygens (including phenoxy) is 3. The number of carbonyl (C=O) groups excluding carboxylic acids is 4. The van der Waals surface area contributed by atoms with Crippen LogP contribution in [-0.4, -0.2) is 60.6 Å². The Bertz CT molecular complexity index is 579. The number of esters is 2. The van der Waals surface area contributed by atoms with Crippen LogP contribution in [0.3, 0.4) is 0 Å². The van der Waals surface area contributed by atoms with Gasteiger partial charge in [0.25, 0.3) is 0 Å². The molecule has 0 spiro atoms. The Labute approximate surface area is 140 Å². The lowest BCUT2D eigenvalue weighted by molar-refractivity contribution is -0.178. The van der Waals surface area contributed by atoms with Crippen molar-refractivity contribution in [2.45, 2.75) is 45.9 Å². The Morgan fingerprint density at radius 3 is 2.46 bits per heavy atom. The van der Waals surface area contributed by atoms with Crippen LogP contribution in [-0.2, 0) is 33.4 Å². The number of ketones is 1. The third-order valence-electron chi connectivity index (χ3n) is 4.30. The standard InChI is InChI=1S/C16H23NO7/c1-6-23-12(20)9-7-10(18)17-13(15(2,3)4)24-8-16(17,11(9)19)14(21)22-5/h9,13H,6-8H2,1-5H3/t9?,13-,16-/m1/s1. The SMILES string of the molecule is CCOC(=O)C1CC(=O)N2[C@@H](C(C)(C)C)OC[C@]2(C(=O)OC)C1=O. The number of fused-ring (bicyclic) bond motifs is 1. The third-order valence-corrected chi connectivity index (χ3v) is 4.30. The van der Waals surface area contributed by atoms with E-state index >= 15 is 0 Å². The fourth-order valence-electron chi connectivity index (χ4n) is 3.23. The highest BCUT2D eigenvalue weighted by molar-refractivity contribution is 6.20. The number of nitrogens with zero attached hydrogens (tertiary/aromatic N) is 1. The molecule has 0 aromatic carbocycles. The average Bonchev–Trinajstić information content (AvgIpc) is 2.92. The van der Waals surface area contributed by atoms with Gasteiger partial charge in [-0.2, -0.15) is 0 Å². The minimum atomic E-state index is -1.93. The molecule has 2 aliphatic rings. The third kappa shape index (κ3) is 2.58. The molecule has 0 radical (unpaired) electrons.